The van der Waals surface area contributed by atoms with E-state index in [1.807, 2.05) is 52.0 Å². The summed E-state index contributed by atoms with van der Waals surface area (Å²) in [5, 5.41) is 10.1. The zero-order chi connectivity index (χ0) is 32.8. The average molecular weight is 625 g/mol. The lowest BCUT2D eigenvalue weighted by atomic mass is 9.97. The number of ether oxygens (including phenoxy) is 1. The van der Waals surface area contributed by atoms with Crippen LogP contribution in [0, 0.1) is 12.7 Å². The van der Waals surface area contributed by atoms with Gasteiger partial charge in [-0.25, -0.2) is 14.6 Å². The van der Waals surface area contributed by atoms with E-state index in [1.54, 1.807) is 15.9 Å². The van der Waals surface area contributed by atoms with Gasteiger partial charge in [0.2, 0.25) is 12.3 Å². The number of hydrogen-bond acceptors (Lipinski definition) is 7. The van der Waals surface area contributed by atoms with Crippen LogP contribution < -0.4 is 16.1 Å². The molecule has 0 aromatic heterocycles. The molecule has 12 heteroatoms. The van der Waals surface area contributed by atoms with Gasteiger partial charge >= 0.3 is 6.09 Å². The molecule has 1 fully saturated rings. The number of unbranched alkanes of at least 4 members (excludes halogenated alkanes) is 2. The molecule has 1 aliphatic rings. The Morgan fingerprint density at radius 2 is 1.64 bits per heavy atom. The maximum atomic E-state index is 14.8. The quantitative estimate of drug-likeness (QED) is 0.128. The summed E-state index contributed by atoms with van der Waals surface area (Å²) in [5.74, 6) is -1.09. The summed E-state index contributed by atoms with van der Waals surface area (Å²) >= 11 is 0. The summed E-state index contributed by atoms with van der Waals surface area (Å²) in [6.45, 7) is 10.1. The summed E-state index contributed by atoms with van der Waals surface area (Å²) in [6, 6.07) is 12.0. The van der Waals surface area contributed by atoms with E-state index in [4.69, 9.17) is 4.74 Å². The molecule has 0 radical (unpaired) electrons. The molecule has 1 saturated heterocycles. The summed E-state index contributed by atoms with van der Waals surface area (Å²) in [5.41, 5.74) is 4.85. The van der Waals surface area contributed by atoms with Crippen molar-refractivity contribution in [3.63, 3.8) is 0 Å². The molecule has 0 bridgehead atoms. The van der Waals surface area contributed by atoms with Crippen molar-refractivity contribution >= 4 is 30.0 Å². The molecule has 244 valence electrons. The number of nitrogens with zero attached hydrogens (tertiary/aromatic N) is 3. The zero-order valence-corrected chi connectivity index (χ0v) is 26.7. The number of hydrogen-bond donors (Lipinski definition) is 3. The van der Waals surface area contributed by atoms with E-state index >= 15 is 0 Å². The number of amides is 4. The zero-order valence-electron chi connectivity index (χ0n) is 26.7. The molecule has 0 spiro atoms. The lowest BCUT2D eigenvalue weighted by molar-refractivity contribution is -0.131. The predicted octanol–water partition coefficient (Wildman–Crippen LogP) is 3.40. The van der Waals surface area contributed by atoms with Crippen molar-refractivity contribution in [2.45, 2.75) is 59.0 Å². The molecule has 1 aliphatic heterocycles. The second-order valence-electron chi connectivity index (χ2n) is 12.0. The number of carbonyl (C=O) groups is 4. The van der Waals surface area contributed by atoms with Gasteiger partial charge in [-0.05, 0) is 70.3 Å². The van der Waals surface area contributed by atoms with Crippen molar-refractivity contribution < 1.29 is 28.3 Å². The number of rotatable bonds is 14. The smallest absolute Gasteiger partial charge is 0.407 e. The molecule has 0 aliphatic carbocycles. The van der Waals surface area contributed by atoms with Crippen LogP contribution in [-0.2, 0) is 20.7 Å². The maximum absolute atomic E-state index is 14.8. The number of nitrogens with one attached hydrogen (secondary N) is 3. The molecule has 2 aromatic carbocycles. The lowest BCUT2D eigenvalue weighted by Crippen LogP contribution is -2.52. The lowest BCUT2D eigenvalue weighted by Gasteiger charge is -2.35. The van der Waals surface area contributed by atoms with Gasteiger partial charge in [-0.1, -0.05) is 36.8 Å². The van der Waals surface area contributed by atoms with Gasteiger partial charge in [-0.3, -0.25) is 14.4 Å². The fourth-order valence-electron chi connectivity index (χ4n) is 4.93. The van der Waals surface area contributed by atoms with E-state index < -0.39 is 23.4 Å². The third kappa shape index (κ3) is 11.6. The van der Waals surface area contributed by atoms with Crippen molar-refractivity contribution in [1.82, 2.24) is 25.9 Å². The molecule has 4 amide bonds. The van der Waals surface area contributed by atoms with Crippen molar-refractivity contribution in [3.05, 3.63) is 70.5 Å². The van der Waals surface area contributed by atoms with Gasteiger partial charge in [0.15, 0.2) is 0 Å². The first-order chi connectivity index (χ1) is 21.5. The van der Waals surface area contributed by atoms with Crippen LogP contribution in [0.3, 0.4) is 0 Å². The van der Waals surface area contributed by atoms with Crippen LogP contribution in [0.1, 0.15) is 67.1 Å². The second-order valence-corrected chi connectivity index (χ2v) is 12.0. The first-order valence-corrected chi connectivity index (χ1v) is 15.3. The Morgan fingerprint density at radius 3 is 2.33 bits per heavy atom. The van der Waals surface area contributed by atoms with Crippen molar-refractivity contribution in [1.29, 1.82) is 0 Å². The minimum absolute atomic E-state index is 0.0392. The van der Waals surface area contributed by atoms with Crippen LogP contribution in [0.15, 0.2) is 47.6 Å². The van der Waals surface area contributed by atoms with E-state index in [0.29, 0.717) is 57.0 Å². The summed E-state index contributed by atoms with van der Waals surface area (Å²) in [4.78, 5) is 51.8. The predicted molar refractivity (Wildman–Crippen MR) is 170 cm³/mol. The monoisotopic (exact) mass is 624 g/mol. The Labute approximate surface area is 264 Å². The van der Waals surface area contributed by atoms with E-state index in [0.717, 1.165) is 30.4 Å². The maximum Gasteiger partial charge on any atom is 0.407 e. The molecule has 11 nitrogen and oxygen atoms in total. The van der Waals surface area contributed by atoms with Gasteiger partial charge in [0.25, 0.3) is 5.91 Å². The highest BCUT2D eigenvalue weighted by Crippen LogP contribution is 2.18. The average Bonchev–Trinajstić information content (AvgIpc) is 3.00. The Kier molecular flexibility index (Phi) is 13.5. The molecule has 0 saturated carbocycles. The van der Waals surface area contributed by atoms with E-state index in [1.165, 1.54) is 12.1 Å². The Hall–Kier alpha value is -4.32. The molecule has 3 N–H and O–H groups in total. The van der Waals surface area contributed by atoms with Crippen LogP contribution in [0.5, 0.6) is 0 Å². The fourth-order valence-corrected chi connectivity index (χ4v) is 4.93. The summed E-state index contributed by atoms with van der Waals surface area (Å²) < 4.78 is 20.0. The largest absolute Gasteiger partial charge is 0.444 e. The van der Waals surface area contributed by atoms with Gasteiger partial charge in [0.1, 0.15) is 11.4 Å². The van der Waals surface area contributed by atoms with Crippen molar-refractivity contribution in [2.24, 2.45) is 5.10 Å². The molecular formula is C33H45FN6O5. The van der Waals surface area contributed by atoms with Crippen LogP contribution >= 0.6 is 0 Å². The fraction of sp³-hybridized carbons (Fsp3) is 0.485. The molecule has 0 atom stereocenters. The van der Waals surface area contributed by atoms with E-state index in [-0.39, 0.29) is 24.4 Å². The van der Waals surface area contributed by atoms with Crippen LogP contribution in [-0.4, -0.2) is 91.2 Å². The summed E-state index contributed by atoms with van der Waals surface area (Å²) in [7, 11) is 0. The minimum atomic E-state index is -0.618. The Bertz CT molecular complexity index is 1350. The number of alkyl carbamates (subject to hydrolysis) is 1. The number of benzene rings is 2. The molecule has 2 aromatic rings. The van der Waals surface area contributed by atoms with E-state index in [9.17, 15) is 23.6 Å². The number of aryl methyl sites for hydroxylation is 1. The Morgan fingerprint density at radius 1 is 0.956 bits per heavy atom. The van der Waals surface area contributed by atoms with Gasteiger partial charge in [0.05, 0.1) is 17.8 Å². The Balaban J connectivity index is 1.43. The van der Waals surface area contributed by atoms with Crippen LogP contribution in [0.2, 0.25) is 0 Å². The third-order valence-corrected chi connectivity index (χ3v) is 7.24. The van der Waals surface area contributed by atoms with Gasteiger partial charge in [-0.15, -0.1) is 0 Å². The standard InChI is InChI=1S/C33H45FN6O5/c1-24-10-6-7-11-26(24)29(38-37-23-41)21-25-12-13-28(34)27(20-25)31(43)40-18-16-39(17-19-40)30(42)22-35-14-8-5-9-15-36-32(44)45-33(2,3)4/h6-7,10-13,20,23,35H,5,8-9,14-19,21-22H2,1-4H3,(H,36,44)(H,37,41)/b38-29-. The number of carbonyl (C=O) groups excluding carboxylic acids is 4. The van der Waals surface area contributed by atoms with Gasteiger partial charge in [-0.2, -0.15) is 5.10 Å². The molecule has 45 heavy (non-hydrogen) atoms. The van der Waals surface area contributed by atoms with Crippen molar-refractivity contribution in [2.75, 3.05) is 45.8 Å². The third-order valence-electron chi connectivity index (χ3n) is 7.24. The SMILES string of the molecule is Cc1ccccc1/C(Cc1ccc(F)c(C(=O)N2CCN(C(=O)CNCCCCCNC(=O)OC(C)(C)C)CC2)c1)=N\NC=O. The number of halogens is 1. The molecule has 0 unspecified atom stereocenters. The number of hydrazone groups is 1. The highest BCUT2D eigenvalue weighted by molar-refractivity contribution is 6.03. The van der Waals surface area contributed by atoms with Crippen LogP contribution in [0.25, 0.3) is 0 Å². The first kappa shape index (κ1) is 35.2. The minimum Gasteiger partial charge on any atom is -0.444 e. The first-order valence-electron chi connectivity index (χ1n) is 15.3. The normalized spacial score (nSPS) is 13.8. The van der Waals surface area contributed by atoms with E-state index in [2.05, 4.69) is 21.2 Å². The molecule has 1 heterocycles. The number of piperazine rings is 1. The summed E-state index contributed by atoms with van der Waals surface area (Å²) in [6.07, 6.45) is 2.91. The second kappa shape index (κ2) is 17.2. The topological polar surface area (TPSA) is 132 Å². The van der Waals surface area contributed by atoms with Crippen molar-refractivity contribution in [3.8, 4) is 0 Å². The van der Waals surface area contributed by atoms with Crippen LogP contribution in [0.4, 0.5) is 9.18 Å². The van der Waals surface area contributed by atoms with Gasteiger partial charge in [0, 0.05) is 44.7 Å². The molecular weight excluding hydrogens is 579 g/mol. The highest BCUT2D eigenvalue weighted by Gasteiger charge is 2.26. The highest BCUT2D eigenvalue weighted by atomic mass is 19.1. The van der Waals surface area contributed by atoms with Gasteiger partial charge < -0.3 is 25.2 Å². The molecule has 3 rings (SSSR count).